The Kier molecular flexibility index (Phi) is 9.34. The smallest absolute Gasteiger partial charge is 0.338 e. The van der Waals surface area contributed by atoms with Crippen molar-refractivity contribution in [3.8, 4) is 22.3 Å². The van der Waals surface area contributed by atoms with E-state index >= 15 is 0 Å². The molecule has 0 radical (unpaired) electrons. The van der Waals surface area contributed by atoms with Crippen molar-refractivity contribution in [2.75, 3.05) is 39.6 Å². The first-order chi connectivity index (χ1) is 28.6. The van der Waals surface area contributed by atoms with Crippen LogP contribution in [0.25, 0.3) is 86.9 Å². The Morgan fingerprint density at radius 3 is 1.12 bits per heavy atom. The second kappa shape index (κ2) is 15.2. The summed E-state index contributed by atoms with van der Waals surface area (Å²) in [6.45, 7) is 1.34. The molecule has 0 saturated heterocycles. The summed E-state index contributed by atoms with van der Waals surface area (Å²) in [6.07, 6.45) is 0. The Morgan fingerprint density at radius 2 is 0.690 bits per heavy atom. The summed E-state index contributed by atoms with van der Waals surface area (Å²) in [5.41, 5.74) is 5.03. The Labute approximate surface area is 334 Å². The van der Waals surface area contributed by atoms with Crippen LogP contribution in [0.4, 0.5) is 0 Å². The highest BCUT2D eigenvalue weighted by molar-refractivity contribution is 6.26. The van der Waals surface area contributed by atoms with Crippen LogP contribution < -0.4 is 0 Å². The molecule has 10 aromatic carbocycles. The van der Waals surface area contributed by atoms with Crippen LogP contribution in [0, 0.1) is 0 Å². The predicted molar refractivity (Wildman–Crippen MR) is 233 cm³/mol. The van der Waals surface area contributed by atoms with E-state index in [1.54, 1.807) is 12.1 Å². The number of ether oxygens (including phenoxy) is 4. The lowest BCUT2D eigenvalue weighted by Crippen LogP contribution is -2.15. The number of esters is 2. The molecule has 0 atom stereocenters. The molecule has 58 heavy (non-hydrogen) atoms. The minimum atomic E-state index is -0.400. The van der Waals surface area contributed by atoms with E-state index < -0.39 is 11.9 Å². The number of benzene rings is 10. The topological polar surface area (TPSA) is 71.1 Å². The van der Waals surface area contributed by atoms with Gasteiger partial charge in [0.2, 0.25) is 0 Å². The number of hydrogen-bond acceptors (Lipinski definition) is 6. The van der Waals surface area contributed by atoms with Crippen molar-refractivity contribution in [1.29, 1.82) is 0 Å². The normalized spacial score (nSPS) is 11.8. The zero-order chi connectivity index (χ0) is 39.0. The molecule has 0 amide bonds. The van der Waals surface area contributed by atoms with Gasteiger partial charge in [0.05, 0.1) is 37.6 Å². The number of carbonyl (C=O) groups is 2. The van der Waals surface area contributed by atoms with E-state index in [1.165, 1.54) is 53.9 Å². The maximum atomic E-state index is 13.0. The van der Waals surface area contributed by atoms with Crippen LogP contribution in [0.3, 0.4) is 0 Å². The number of carbonyl (C=O) groups excluding carboxylic acids is 2. The monoisotopic (exact) mass is 758 g/mol. The third-order valence-electron chi connectivity index (χ3n) is 11.2. The van der Waals surface area contributed by atoms with E-state index in [0.717, 1.165) is 33.0 Å². The summed E-state index contributed by atoms with van der Waals surface area (Å²) in [6, 6.07) is 53.9. The lowest BCUT2D eigenvalue weighted by Gasteiger charge is -2.14. The van der Waals surface area contributed by atoms with Gasteiger partial charge in [0.1, 0.15) is 13.2 Å². The van der Waals surface area contributed by atoms with E-state index in [4.69, 9.17) is 18.9 Å². The van der Waals surface area contributed by atoms with Gasteiger partial charge in [0.25, 0.3) is 0 Å². The maximum absolute atomic E-state index is 13.0. The van der Waals surface area contributed by atoms with Crippen LogP contribution >= 0.6 is 0 Å². The van der Waals surface area contributed by atoms with Crippen LogP contribution in [0.1, 0.15) is 20.7 Å². The highest BCUT2D eigenvalue weighted by Crippen LogP contribution is 2.41. The fourth-order valence-corrected chi connectivity index (χ4v) is 8.48. The molecule has 0 spiro atoms. The first-order valence-electron chi connectivity index (χ1n) is 19.6. The van der Waals surface area contributed by atoms with Crippen molar-refractivity contribution >= 4 is 76.6 Å². The molecule has 6 heteroatoms. The molecule has 0 fully saturated rings. The van der Waals surface area contributed by atoms with Crippen LogP contribution in [0.5, 0.6) is 0 Å². The van der Waals surface area contributed by atoms with Gasteiger partial charge in [0.15, 0.2) is 0 Å². The van der Waals surface area contributed by atoms with Crippen LogP contribution in [0.15, 0.2) is 158 Å². The molecule has 6 nitrogen and oxygen atoms in total. The van der Waals surface area contributed by atoms with Crippen LogP contribution in [-0.4, -0.2) is 51.6 Å². The first-order valence-corrected chi connectivity index (χ1v) is 19.6. The molecule has 10 rings (SSSR count). The Balaban J connectivity index is 0.681. The number of hydrogen-bond donors (Lipinski definition) is 0. The van der Waals surface area contributed by atoms with Gasteiger partial charge in [-0.05, 0) is 111 Å². The minimum absolute atomic E-state index is 0.118. The molecular formula is C52H38O6. The Bertz CT molecular complexity index is 2890. The van der Waals surface area contributed by atoms with Gasteiger partial charge >= 0.3 is 11.9 Å². The molecule has 0 N–H and O–H groups in total. The number of rotatable bonds is 13. The van der Waals surface area contributed by atoms with Crippen molar-refractivity contribution in [2.45, 2.75) is 0 Å². The van der Waals surface area contributed by atoms with Gasteiger partial charge in [-0.25, -0.2) is 9.59 Å². The summed E-state index contributed by atoms with van der Waals surface area (Å²) in [5.74, 6) is -0.801. The maximum Gasteiger partial charge on any atom is 0.338 e. The molecule has 0 aliphatic carbocycles. The standard InChI is InChI=1S/C52H38O6/c53-51(41-11-3-9-39(31-41)43-21-17-37-15-13-33-5-1-7-35-19-23-45(43)49(37)47(33)35)57-29-27-55-25-26-56-28-30-58-52(54)42-12-4-10-40(32-42)44-22-18-38-16-14-34-6-2-8-36-20-24-46(44)50(38)48(34)36/h1-24,31-32H,25-30H2. The third kappa shape index (κ3) is 6.52. The summed E-state index contributed by atoms with van der Waals surface area (Å²) in [4.78, 5) is 26.0. The zero-order valence-electron chi connectivity index (χ0n) is 31.7. The average molecular weight is 759 g/mol. The van der Waals surface area contributed by atoms with Gasteiger partial charge in [-0.15, -0.1) is 0 Å². The first kappa shape index (κ1) is 35.5. The Morgan fingerprint density at radius 1 is 0.345 bits per heavy atom. The zero-order valence-corrected chi connectivity index (χ0v) is 31.7. The summed E-state index contributed by atoms with van der Waals surface area (Å²) < 4.78 is 22.3. The molecule has 0 saturated carbocycles. The van der Waals surface area contributed by atoms with Gasteiger partial charge in [-0.2, -0.15) is 0 Å². The second-order valence-corrected chi connectivity index (χ2v) is 14.6. The van der Waals surface area contributed by atoms with E-state index in [-0.39, 0.29) is 26.4 Å². The molecule has 0 aliphatic heterocycles. The van der Waals surface area contributed by atoms with E-state index in [2.05, 4.69) is 109 Å². The van der Waals surface area contributed by atoms with Crippen molar-refractivity contribution < 1.29 is 28.5 Å². The molecular weight excluding hydrogens is 721 g/mol. The lowest BCUT2D eigenvalue weighted by atomic mass is 9.89. The minimum Gasteiger partial charge on any atom is -0.460 e. The van der Waals surface area contributed by atoms with Crippen molar-refractivity contribution in [1.82, 2.24) is 0 Å². The Hall–Kier alpha value is -6.86. The fraction of sp³-hybridized carbons (Fsp3) is 0.115. The second-order valence-electron chi connectivity index (χ2n) is 14.6. The van der Waals surface area contributed by atoms with Crippen molar-refractivity contribution in [3.05, 3.63) is 169 Å². The van der Waals surface area contributed by atoms with Gasteiger partial charge in [-0.1, -0.05) is 133 Å². The van der Waals surface area contributed by atoms with E-state index in [9.17, 15) is 9.59 Å². The molecule has 282 valence electrons. The van der Waals surface area contributed by atoms with Gasteiger partial charge in [0, 0.05) is 0 Å². The summed E-state index contributed by atoms with van der Waals surface area (Å²) >= 11 is 0. The quantitative estimate of drug-likeness (QED) is 0.0662. The van der Waals surface area contributed by atoms with Crippen LogP contribution in [0.2, 0.25) is 0 Å². The largest absolute Gasteiger partial charge is 0.460 e. The van der Waals surface area contributed by atoms with Gasteiger partial charge < -0.3 is 18.9 Å². The predicted octanol–water partition coefficient (Wildman–Crippen LogP) is 11.9. The van der Waals surface area contributed by atoms with Crippen LogP contribution in [-0.2, 0) is 18.9 Å². The SMILES string of the molecule is O=C(OCCOCCOCCOC(=O)c1cccc(-c2ccc3ccc4cccc5ccc2c3c45)c1)c1cccc(-c2ccc3ccc4cccc5ccc2c3c45)c1. The molecule has 0 aliphatic rings. The summed E-state index contributed by atoms with van der Waals surface area (Å²) in [5, 5.41) is 14.6. The molecule has 0 heterocycles. The van der Waals surface area contributed by atoms with E-state index in [1.807, 2.05) is 36.4 Å². The van der Waals surface area contributed by atoms with E-state index in [0.29, 0.717) is 24.3 Å². The van der Waals surface area contributed by atoms with Gasteiger partial charge in [-0.3, -0.25) is 0 Å². The summed E-state index contributed by atoms with van der Waals surface area (Å²) in [7, 11) is 0. The molecule has 0 aromatic heterocycles. The van der Waals surface area contributed by atoms with Crippen molar-refractivity contribution in [2.24, 2.45) is 0 Å². The molecule has 10 aromatic rings. The highest BCUT2D eigenvalue weighted by atomic mass is 16.6. The fourth-order valence-electron chi connectivity index (χ4n) is 8.48. The highest BCUT2D eigenvalue weighted by Gasteiger charge is 2.16. The average Bonchev–Trinajstić information content (AvgIpc) is 3.27. The molecule has 0 bridgehead atoms. The lowest BCUT2D eigenvalue weighted by molar-refractivity contribution is 0.00230. The third-order valence-corrected chi connectivity index (χ3v) is 11.2. The van der Waals surface area contributed by atoms with Crippen molar-refractivity contribution in [3.63, 3.8) is 0 Å². The molecule has 0 unspecified atom stereocenters.